The van der Waals surface area contributed by atoms with Crippen LogP contribution in [0.1, 0.15) is 24.8 Å². The summed E-state index contributed by atoms with van der Waals surface area (Å²) in [5, 5.41) is 12.0. The molecule has 0 aromatic heterocycles. The number of anilines is 1. The van der Waals surface area contributed by atoms with E-state index < -0.39 is 12.7 Å². The first-order valence-corrected chi connectivity index (χ1v) is 6.33. The van der Waals surface area contributed by atoms with Gasteiger partial charge in [-0.2, -0.15) is 5.26 Å². The number of hydrazine groups is 1. The van der Waals surface area contributed by atoms with Crippen molar-refractivity contribution in [3.8, 4) is 6.19 Å². The zero-order valence-corrected chi connectivity index (χ0v) is 11.7. The third-order valence-electron chi connectivity index (χ3n) is 3.42. The van der Waals surface area contributed by atoms with E-state index in [2.05, 4.69) is 0 Å². The van der Waals surface area contributed by atoms with Crippen molar-refractivity contribution >= 4 is 5.69 Å². The van der Waals surface area contributed by atoms with E-state index in [4.69, 9.17) is 11.0 Å². The number of hydrogen-bond donors (Lipinski definition) is 1. The molecule has 0 spiro atoms. The average molecular weight is 264 g/mol. The van der Waals surface area contributed by atoms with Crippen LogP contribution in [0.5, 0.6) is 0 Å². The fraction of sp³-hybridized carbons (Fsp3) is 0.500. The SMILES string of the molecule is CCC(c1ccc(N(C)N(C)C#N)cc1)C(N)CF. The monoisotopic (exact) mass is 264 g/mol. The Morgan fingerprint density at radius 2 is 1.89 bits per heavy atom. The summed E-state index contributed by atoms with van der Waals surface area (Å²) in [5.74, 6) is 0.0260. The standard InChI is InChI=1S/C14H21FN4/c1-4-13(14(17)9-15)11-5-7-12(8-6-11)19(3)18(2)10-16/h5-8,13-14H,4,9,17H2,1-3H3. The quantitative estimate of drug-likeness (QED) is 0.486. The van der Waals surface area contributed by atoms with Crippen LogP contribution in [-0.2, 0) is 0 Å². The molecule has 0 aliphatic rings. The Balaban J connectivity index is 2.89. The minimum atomic E-state index is -0.517. The van der Waals surface area contributed by atoms with Gasteiger partial charge >= 0.3 is 0 Å². The highest BCUT2D eigenvalue weighted by Gasteiger charge is 2.18. The van der Waals surface area contributed by atoms with Gasteiger partial charge in [-0.1, -0.05) is 19.1 Å². The van der Waals surface area contributed by atoms with E-state index in [9.17, 15) is 4.39 Å². The summed E-state index contributed by atoms with van der Waals surface area (Å²) in [5.41, 5.74) is 7.72. The predicted molar refractivity (Wildman–Crippen MR) is 75.2 cm³/mol. The molecule has 2 N–H and O–H groups in total. The molecule has 0 radical (unpaired) electrons. The maximum absolute atomic E-state index is 12.7. The van der Waals surface area contributed by atoms with Crippen LogP contribution in [0.4, 0.5) is 10.1 Å². The second-order valence-electron chi connectivity index (χ2n) is 4.57. The van der Waals surface area contributed by atoms with Gasteiger partial charge in [-0.05, 0) is 24.1 Å². The molecule has 0 amide bonds. The van der Waals surface area contributed by atoms with Gasteiger partial charge in [-0.3, -0.25) is 5.01 Å². The Bertz CT molecular complexity index is 426. The third kappa shape index (κ3) is 3.58. The molecule has 0 aliphatic heterocycles. The molecule has 4 nitrogen and oxygen atoms in total. The van der Waals surface area contributed by atoms with Crippen LogP contribution in [0.25, 0.3) is 0 Å². The van der Waals surface area contributed by atoms with Crippen molar-refractivity contribution < 1.29 is 4.39 Å². The smallest absolute Gasteiger partial charge is 0.199 e. The maximum atomic E-state index is 12.7. The van der Waals surface area contributed by atoms with Crippen molar-refractivity contribution in [1.29, 1.82) is 5.26 Å². The molecular weight excluding hydrogens is 243 g/mol. The molecule has 1 aromatic carbocycles. The number of nitrogens with two attached hydrogens (primary N) is 1. The highest BCUT2D eigenvalue weighted by molar-refractivity contribution is 5.47. The zero-order valence-electron chi connectivity index (χ0n) is 11.7. The second-order valence-corrected chi connectivity index (χ2v) is 4.57. The van der Waals surface area contributed by atoms with Gasteiger partial charge in [0.1, 0.15) is 6.67 Å². The van der Waals surface area contributed by atoms with Gasteiger partial charge in [0.25, 0.3) is 0 Å². The Morgan fingerprint density at radius 1 is 1.32 bits per heavy atom. The summed E-state index contributed by atoms with van der Waals surface area (Å²) < 4.78 is 12.7. The minimum absolute atomic E-state index is 0.0260. The van der Waals surface area contributed by atoms with Crippen molar-refractivity contribution in [2.45, 2.75) is 25.3 Å². The fourth-order valence-electron chi connectivity index (χ4n) is 2.07. The Labute approximate surface area is 114 Å². The molecule has 5 heteroatoms. The van der Waals surface area contributed by atoms with Crippen LogP contribution < -0.4 is 10.7 Å². The summed E-state index contributed by atoms with van der Waals surface area (Å²) in [7, 11) is 3.49. The number of nitrogens with zero attached hydrogens (tertiary/aromatic N) is 3. The Morgan fingerprint density at radius 3 is 2.32 bits per heavy atom. The molecule has 19 heavy (non-hydrogen) atoms. The van der Waals surface area contributed by atoms with E-state index in [1.165, 1.54) is 5.01 Å². The minimum Gasteiger partial charge on any atom is -0.325 e. The van der Waals surface area contributed by atoms with Crippen LogP contribution in [0.3, 0.4) is 0 Å². The van der Waals surface area contributed by atoms with E-state index in [1.807, 2.05) is 44.4 Å². The highest BCUT2D eigenvalue weighted by Crippen LogP contribution is 2.25. The first-order valence-electron chi connectivity index (χ1n) is 6.33. The molecule has 0 bridgehead atoms. The Kier molecular flexibility index (Phi) is 5.58. The molecule has 0 fully saturated rings. The summed E-state index contributed by atoms with van der Waals surface area (Å²) in [6.45, 7) is 1.49. The lowest BCUT2D eigenvalue weighted by Gasteiger charge is -2.26. The number of benzene rings is 1. The van der Waals surface area contributed by atoms with Crippen LogP contribution in [-0.4, -0.2) is 31.8 Å². The van der Waals surface area contributed by atoms with Crippen LogP contribution in [0.15, 0.2) is 24.3 Å². The van der Waals surface area contributed by atoms with E-state index in [0.717, 1.165) is 17.7 Å². The third-order valence-corrected chi connectivity index (χ3v) is 3.42. The molecule has 2 atom stereocenters. The molecule has 1 aromatic rings. The van der Waals surface area contributed by atoms with Crippen LogP contribution in [0, 0.1) is 11.5 Å². The van der Waals surface area contributed by atoms with Gasteiger partial charge in [0, 0.05) is 26.1 Å². The van der Waals surface area contributed by atoms with Gasteiger partial charge in [-0.15, -0.1) is 0 Å². The second kappa shape index (κ2) is 6.95. The van der Waals surface area contributed by atoms with E-state index in [1.54, 1.807) is 12.1 Å². The molecule has 0 aliphatic carbocycles. The van der Waals surface area contributed by atoms with Crippen molar-refractivity contribution in [2.24, 2.45) is 5.73 Å². The molecule has 0 heterocycles. The molecular formula is C14H21FN4. The fourth-order valence-corrected chi connectivity index (χ4v) is 2.07. The summed E-state index contributed by atoms with van der Waals surface area (Å²) in [6.07, 6.45) is 2.83. The van der Waals surface area contributed by atoms with Gasteiger partial charge in [0.15, 0.2) is 6.19 Å². The van der Waals surface area contributed by atoms with E-state index in [0.29, 0.717) is 0 Å². The van der Waals surface area contributed by atoms with Crippen LogP contribution >= 0.6 is 0 Å². The summed E-state index contributed by atoms with van der Waals surface area (Å²) in [4.78, 5) is 0. The highest BCUT2D eigenvalue weighted by atomic mass is 19.1. The lowest BCUT2D eigenvalue weighted by atomic mass is 9.90. The summed E-state index contributed by atoms with van der Waals surface area (Å²) in [6, 6.07) is 7.25. The average Bonchev–Trinajstić information content (AvgIpc) is 2.46. The number of rotatable bonds is 6. The van der Waals surface area contributed by atoms with Gasteiger partial charge in [0.2, 0.25) is 0 Å². The molecule has 0 saturated heterocycles. The lowest BCUT2D eigenvalue weighted by Crippen LogP contribution is -2.32. The number of nitriles is 1. The number of alkyl halides is 1. The molecule has 2 unspecified atom stereocenters. The van der Waals surface area contributed by atoms with Gasteiger partial charge < -0.3 is 5.73 Å². The largest absolute Gasteiger partial charge is 0.325 e. The van der Waals surface area contributed by atoms with Crippen molar-refractivity contribution in [3.63, 3.8) is 0 Å². The summed E-state index contributed by atoms with van der Waals surface area (Å²) >= 11 is 0. The van der Waals surface area contributed by atoms with Gasteiger partial charge in [-0.25, -0.2) is 9.40 Å². The topological polar surface area (TPSA) is 56.3 Å². The lowest BCUT2D eigenvalue weighted by molar-refractivity contribution is 0.380. The molecule has 104 valence electrons. The maximum Gasteiger partial charge on any atom is 0.199 e. The van der Waals surface area contributed by atoms with E-state index in [-0.39, 0.29) is 5.92 Å². The molecule has 1 rings (SSSR count). The first-order chi connectivity index (χ1) is 9.04. The normalized spacial score (nSPS) is 13.5. The first kappa shape index (κ1) is 15.3. The van der Waals surface area contributed by atoms with Crippen LogP contribution in [0.2, 0.25) is 0 Å². The van der Waals surface area contributed by atoms with Gasteiger partial charge in [0.05, 0.1) is 5.69 Å². The van der Waals surface area contributed by atoms with E-state index >= 15 is 0 Å². The van der Waals surface area contributed by atoms with Crippen molar-refractivity contribution in [2.75, 3.05) is 25.8 Å². The van der Waals surface area contributed by atoms with Crippen molar-refractivity contribution in [1.82, 2.24) is 5.01 Å². The predicted octanol–water partition coefficient (Wildman–Crippen LogP) is 2.24. The molecule has 0 saturated carbocycles. The zero-order chi connectivity index (χ0) is 14.4. The van der Waals surface area contributed by atoms with Crippen molar-refractivity contribution in [3.05, 3.63) is 29.8 Å². The Hall–Kier alpha value is -1.80. The number of hydrogen-bond acceptors (Lipinski definition) is 4. The number of halogens is 1.